The minimum Gasteiger partial charge on any atom is -0.392 e. The number of hydrogen-bond acceptors (Lipinski definition) is 3. The molecule has 0 saturated heterocycles. The number of hydrogen-bond donors (Lipinski definition) is 1. The van der Waals surface area contributed by atoms with Crippen LogP contribution < -0.4 is 0 Å². The molecule has 4 rings (SSSR count). The molecule has 1 N–H and O–H groups in total. The van der Waals surface area contributed by atoms with E-state index in [0.29, 0.717) is 36.2 Å². The SMILES string of the molecule is CC(=CCCC(C)C1CCC2(C)C3=C(CCC12C)C1(C)CCC(=O)C(C)(C)C1CC3=O)CO. The Balaban J connectivity index is 1.68. The smallest absolute Gasteiger partial charge is 0.159 e. The lowest BCUT2D eigenvalue weighted by Gasteiger charge is -2.60. The second kappa shape index (κ2) is 8.18. The van der Waals surface area contributed by atoms with Gasteiger partial charge in [0, 0.05) is 29.2 Å². The molecule has 6 atom stereocenters. The molecule has 6 unspecified atom stereocenters. The highest BCUT2D eigenvalue weighted by Crippen LogP contribution is 2.71. The minimum absolute atomic E-state index is 0.0126. The third-order valence-corrected chi connectivity index (χ3v) is 11.4. The first-order valence-electron chi connectivity index (χ1n) is 13.4. The fourth-order valence-electron chi connectivity index (χ4n) is 8.98. The van der Waals surface area contributed by atoms with Crippen LogP contribution in [0.25, 0.3) is 0 Å². The van der Waals surface area contributed by atoms with Gasteiger partial charge < -0.3 is 5.11 Å². The summed E-state index contributed by atoms with van der Waals surface area (Å²) < 4.78 is 0. The van der Waals surface area contributed by atoms with Gasteiger partial charge in [-0.3, -0.25) is 9.59 Å². The van der Waals surface area contributed by atoms with Crippen molar-refractivity contribution in [3.63, 3.8) is 0 Å². The van der Waals surface area contributed by atoms with Gasteiger partial charge in [0.2, 0.25) is 0 Å². The normalized spacial score (nSPS) is 41.5. The second-order valence-electron chi connectivity index (χ2n) is 13.3. The third-order valence-electron chi connectivity index (χ3n) is 11.4. The third kappa shape index (κ3) is 3.46. The monoisotopic (exact) mass is 454 g/mol. The highest BCUT2D eigenvalue weighted by atomic mass is 16.3. The number of allylic oxidation sites excluding steroid dienone is 3. The van der Waals surface area contributed by atoms with Crippen molar-refractivity contribution in [3.05, 3.63) is 22.8 Å². The van der Waals surface area contributed by atoms with Gasteiger partial charge in [-0.25, -0.2) is 0 Å². The Morgan fingerprint density at radius 1 is 1.09 bits per heavy atom. The molecule has 4 aliphatic rings. The van der Waals surface area contributed by atoms with Crippen molar-refractivity contribution >= 4 is 11.6 Å². The average Bonchev–Trinajstić information content (AvgIpc) is 3.04. The molecule has 0 heterocycles. The molecule has 3 nitrogen and oxygen atoms in total. The standard InChI is InChI=1S/C30H46O3/c1-19(18-31)9-8-10-20(2)21-11-16-30(7)26-22(12-15-29(21,30)6)28(5)14-13-25(33)27(3,4)24(28)17-23(26)32/h9,20-21,24,31H,8,10-18H2,1-7H3. The maximum absolute atomic E-state index is 13.9. The highest BCUT2D eigenvalue weighted by molar-refractivity contribution is 6.00. The molecule has 0 amide bonds. The van der Waals surface area contributed by atoms with Crippen LogP contribution in [-0.2, 0) is 9.59 Å². The summed E-state index contributed by atoms with van der Waals surface area (Å²) in [5.41, 5.74) is 3.36. The van der Waals surface area contributed by atoms with E-state index in [4.69, 9.17) is 0 Å². The van der Waals surface area contributed by atoms with Gasteiger partial charge in [0.25, 0.3) is 0 Å². The van der Waals surface area contributed by atoms with Crippen LogP contribution in [0.3, 0.4) is 0 Å². The Bertz CT molecular complexity index is 908. The van der Waals surface area contributed by atoms with Crippen LogP contribution >= 0.6 is 0 Å². The molecular formula is C30H46O3. The zero-order valence-electron chi connectivity index (χ0n) is 22.1. The first-order valence-corrected chi connectivity index (χ1v) is 13.4. The molecule has 0 spiro atoms. The van der Waals surface area contributed by atoms with E-state index in [0.717, 1.165) is 44.1 Å². The van der Waals surface area contributed by atoms with Gasteiger partial charge in [-0.1, -0.05) is 58.8 Å². The van der Waals surface area contributed by atoms with E-state index in [9.17, 15) is 14.7 Å². The summed E-state index contributed by atoms with van der Waals surface area (Å²) >= 11 is 0. The molecule has 0 aliphatic heterocycles. The van der Waals surface area contributed by atoms with Gasteiger partial charge in [0.1, 0.15) is 5.78 Å². The van der Waals surface area contributed by atoms with E-state index in [1.54, 1.807) is 0 Å². The van der Waals surface area contributed by atoms with Crippen LogP contribution in [0.15, 0.2) is 22.8 Å². The molecule has 33 heavy (non-hydrogen) atoms. The largest absolute Gasteiger partial charge is 0.392 e. The van der Waals surface area contributed by atoms with E-state index in [2.05, 4.69) is 47.6 Å². The Morgan fingerprint density at radius 2 is 1.79 bits per heavy atom. The van der Waals surface area contributed by atoms with Gasteiger partial charge in [-0.15, -0.1) is 0 Å². The number of fused-ring (bicyclic) bond motifs is 4. The van der Waals surface area contributed by atoms with E-state index < -0.39 is 5.41 Å². The van der Waals surface area contributed by atoms with Crippen molar-refractivity contribution in [3.8, 4) is 0 Å². The van der Waals surface area contributed by atoms with E-state index >= 15 is 0 Å². The Morgan fingerprint density at radius 3 is 2.45 bits per heavy atom. The maximum Gasteiger partial charge on any atom is 0.159 e. The molecule has 184 valence electrons. The molecule has 0 bridgehead atoms. The zero-order valence-corrected chi connectivity index (χ0v) is 22.1. The van der Waals surface area contributed by atoms with Gasteiger partial charge in [-0.05, 0) is 80.5 Å². The molecule has 0 aromatic heterocycles. The fourth-order valence-corrected chi connectivity index (χ4v) is 8.98. The molecular weight excluding hydrogens is 408 g/mol. The van der Waals surface area contributed by atoms with Crippen molar-refractivity contribution in [2.45, 2.75) is 106 Å². The van der Waals surface area contributed by atoms with Crippen molar-refractivity contribution < 1.29 is 14.7 Å². The Kier molecular flexibility index (Phi) is 6.17. The van der Waals surface area contributed by atoms with Crippen LogP contribution in [0.5, 0.6) is 0 Å². The lowest BCUT2D eigenvalue weighted by molar-refractivity contribution is -0.142. The number of carbonyl (C=O) groups is 2. The van der Waals surface area contributed by atoms with Crippen molar-refractivity contribution in [2.24, 2.45) is 39.4 Å². The predicted octanol–water partition coefficient (Wildman–Crippen LogP) is 6.84. The van der Waals surface area contributed by atoms with Crippen LogP contribution in [0.1, 0.15) is 106 Å². The lowest BCUT2D eigenvalue weighted by Crippen LogP contribution is -2.56. The number of Topliss-reactive ketones (excluding diaryl/α,β-unsaturated/α-hetero) is 2. The number of aliphatic hydroxyl groups is 1. The zero-order chi connectivity index (χ0) is 24.4. The van der Waals surface area contributed by atoms with Crippen LogP contribution in [0.2, 0.25) is 0 Å². The average molecular weight is 455 g/mol. The highest BCUT2D eigenvalue weighted by Gasteiger charge is 2.65. The Hall–Kier alpha value is -1.22. The minimum atomic E-state index is -0.407. The summed E-state index contributed by atoms with van der Waals surface area (Å²) in [5.74, 6) is 2.06. The lowest BCUT2D eigenvalue weighted by atomic mass is 9.43. The van der Waals surface area contributed by atoms with Crippen molar-refractivity contribution in [1.82, 2.24) is 0 Å². The number of carbonyl (C=O) groups excluding carboxylic acids is 2. The summed E-state index contributed by atoms with van der Waals surface area (Å²) in [4.78, 5) is 26.7. The van der Waals surface area contributed by atoms with Crippen LogP contribution in [0, 0.1) is 39.4 Å². The summed E-state index contributed by atoms with van der Waals surface area (Å²) in [6.45, 7) is 16.0. The molecule has 4 aliphatic carbocycles. The van der Waals surface area contributed by atoms with E-state index in [-0.39, 0.29) is 28.8 Å². The Labute approximate surface area is 201 Å². The fraction of sp³-hybridized carbons (Fsp3) is 0.800. The number of ketones is 2. The van der Waals surface area contributed by atoms with Gasteiger partial charge in [-0.2, -0.15) is 0 Å². The summed E-state index contributed by atoms with van der Waals surface area (Å²) in [5, 5.41) is 9.30. The first kappa shape index (κ1) is 24.9. The van der Waals surface area contributed by atoms with Crippen molar-refractivity contribution in [1.29, 1.82) is 0 Å². The molecule has 3 heteroatoms. The van der Waals surface area contributed by atoms with Crippen LogP contribution in [0.4, 0.5) is 0 Å². The molecule has 2 fully saturated rings. The quantitative estimate of drug-likeness (QED) is 0.463. The molecule has 2 saturated carbocycles. The van der Waals surface area contributed by atoms with E-state index in [1.807, 2.05) is 6.92 Å². The number of rotatable bonds is 5. The molecule has 0 aromatic rings. The summed E-state index contributed by atoms with van der Waals surface area (Å²) in [6, 6.07) is 0. The second-order valence-corrected chi connectivity index (χ2v) is 13.3. The van der Waals surface area contributed by atoms with Crippen LogP contribution in [-0.4, -0.2) is 23.3 Å². The maximum atomic E-state index is 13.9. The predicted molar refractivity (Wildman–Crippen MR) is 134 cm³/mol. The number of aliphatic hydroxyl groups excluding tert-OH is 1. The topological polar surface area (TPSA) is 54.4 Å². The molecule has 0 radical (unpaired) electrons. The van der Waals surface area contributed by atoms with Crippen molar-refractivity contribution in [2.75, 3.05) is 6.61 Å². The van der Waals surface area contributed by atoms with Gasteiger partial charge >= 0.3 is 0 Å². The summed E-state index contributed by atoms with van der Waals surface area (Å²) in [7, 11) is 0. The van der Waals surface area contributed by atoms with Gasteiger partial charge in [0.05, 0.1) is 6.61 Å². The molecule has 0 aromatic carbocycles. The first-order chi connectivity index (χ1) is 15.3. The van der Waals surface area contributed by atoms with E-state index in [1.165, 1.54) is 17.6 Å². The van der Waals surface area contributed by atoms with Gasteiger partial charge in [0.15, 0.2) is 5.78 Å². The summed E-state index contributed by atoms with van der Waals surface area (Å²) in [6.07, 6.45) is 11.0.